The molecule has 17 heavy (non-hydrogen) atoms. The maximum Gasteiger partial charge on any atom is 0.221 e. The van der Waals surface area contributed by atoms with E-state index in [1.54, 1.807) is 11.3 Å². The normalized spacial score (nSPS) is 12.7. The number of carbonyl (C=O) groups excluding carboxylic acids is 1. The maximum atomic E-state index is 11.5. The van der Waals surface area contributed by atoms with Crippen molar-refractivity contribution < 1.29 is 4.79 Å². The van der Waals surface area contributed by atoms with Crippen molar-refractivity contribution in [3.05, 3.63) is 22.4 Å². The van der Waals surface area contributed by atoms with Gasteiger partial charge in [0.15, 0.2) is 0 Å². The minimum absolute atomic E-state index is 0.129. The van der Waals surface area contributed by atoms with Crippen molar-refractivity contribution >= 4 is 17.2 Å². The Morgan fingerprint density at radius 2 is 2.18 bits per heavy atom. The molecule has 1 rings (SSSR count). The summed E-state index contributed by atoms with van der Waals surface area (Å²) >= 11 is 1.74. The molecular formula is C13H22N2OS. The molecule has 0 aromatic carbocycles. The van der Waals surface area contributed by atoms with Gasteiger partial charge in [-0.05, 0) is 24.3 Å². The number of hydrogen-bond donors (Lipinski definition) is 2. The van der Waals surface area contributed by atoms with E-state index < -0.39 is 0 Å². The summed E-state index contributed by atoms with van der Waals surface area (Å²) in [5.74, 6) is 0.640. The fourth-order valence-corrected chi connectivity index (χ4v) is 2.21. The molecule has 96 valence electrons. The number of thiophene rings is 1. The molecule has 1 atom stereocenters. The summed E-state index contributed by atoms with van der Waals surface area (Å²) in [4.78, 5) is 12.8. The largest absolute Gasteiger partial charge is 0.356 e. The van der Waals surface area contributed by atoms with E-state index in [9.17, 15) is 4.79 Å². The van der Waals surface area contributed by atoms with E-state index in [0.717, 1.165) is 13.1 Å². The Labute approximate surface area is 108 Å². The van der Waals surface area contributed by atoms with Gasteiger partial charge in [-0.15, -0.1) is 11.3 Å². The van der Waals surface area contributed by atoms with Gasteiger partial charge in [0.05, 0.1) is 0 Å². The highest BCUT2D eigenvalue weighted by atomic mass is 32.1. The highest BCUT2D eigenvalue weighted by molar-refractivity contribution is 7.10. The second-order valence-electron chi connectivity index (χ2n) is 4.64. The standard InChI is InChI=1S/C13H22N2OS/c1-10(2)9-15-13(16)6-7-14-11(3)12-5-4-8-17-12/h4-5,8,10-11,14H,6-7,9H2,1-3H3,(H,15,16). The van der Waals surface area contributed by atoms with E-state index in [1.165, 1.54) is 4.88 Å². The number of nitrogens with one attached hydrogen (secondary N) is 2. The lowest BCUT2D eigenvalue weighted by atomic mass is 10.2. The van der Waals surface area contributed by atoms with E-state index in [0.29, 0.717) is 18.4 Å². The van der Waals surface area contributed by atoms with Crippen molar-refractivity contribution in [2.45, 2.75) is 33.2 Å². The summed E-state index contributed by atoms with van der Waals surface area (Å²) in [6.45, 7) is 7.80. The molecule has 0 radical (unpaired) electrons. The van der Waals surface area contributed by atoms with E-state index in [-0.39, 0.29) is 5.91 Å². The third-order valence-corrected chi connectivity index (χ3v) is 3.54. The van der Waals surface area contributed by atoms with Gasteiger partial charge >= 0.3 is 0 Å². The topological polar surface area (TPSA) is 41.1 Å². The minimum Gasteiger partial charge on any atom is -0.356 e. The van der Waals surface area contributed by atoms with Crippen molar-refractivity contribution in [3.63, 3.8) is 0 Å². The molecule has 0 saturated heterocycles. The lowest BCUT2D eigenvalue weighted by molar-refractivity contribution is -0.121. The van der Waals surface area contributed by atoms with Crippen molar-refractivity contribution in [1.29, 1.82) is 0 Å². The zero-order valence-corrected chi connectivity index (χ0v) is 11.6. The lowest BCUT2D eigenvalue weighted by Gasteiger charge is -2.12. The van der Waals surface area contributed by atoms with Crippen molar-refractivity contribution in [2.24, 2.45) is 5.92 Å². The second kappa shape index (κ2) is 7.45. The molecule has 1 aromatic heterocycles. The van der Waals surface area contributed by atoms with Crippen LogP contribution in [-0.4, -0.2) is 19.0 Å². The van der Waals surface area contributed by atoms with Crippen LogP contribution in [-0.2, 0) is 4.79 Å². The average molecular weight is 254 g/mol. The van der Waals surface area contributed by atoms with E-state index >= 15 is 0 Å². The highest BCUT2D eigenvalue weighted by Crippen LogP contribution is 2.17. The molecule has 4 heteroatoms. The van der Waals surface area contributed by atoms with Crippen molar-refractivity contribution in [3.8, 4) is 0 Å². The fourth-order valence-electron chi connectivity index (χ4n) is 1.45. The molecule has 0 saturated carbocycles. The van der Waals surface area contributed by atoms with E-state index in [2.05, 4.69) is 42.9 Å². The molecule has 1 unspecified atom stereocenters. The number of rotatable bonds is 7. The monoisotopic (exact) mass is 254 g/mol. The number of amides is 1. The molecule has 0 aliphatic heterocycles. The lowest BCUT2D eigenvalue weighted by Crippen LogP contribution is -2.30. The Balaban J connectivity index is 2.13. The van der Waals surface area contributed by atoms with Crippen LogP contribution in [0.3, 0.4) is 0 Å². The number of carbonyl (C=O) groups is 1. The van der Waals surface area contributed by atoms with E-state index in [4.69, 9.17) is 0 Å². The summed E-state index contributed by atoms with van der Waals surface area (Å²) in [5.41, 5.74) is 0. The minimum atomic E-state index is 0.129. The maximum absolute atomic E-state index is 11.5. The van der Waals surface area contributed by atoms with Crippen LogP contribution in [0, 0.1) is 5.92 Å². The van der Waals surface area contributed by atoms with Crippen molar-refractivity contribution in [2.75, 3.05) is 13.1 Å². The predicted molar refractivity (Wildman–Crippen MR) is 73.2 cm³/mol. The third-order valence-electron chi connectivity index (χ3n) is 2.48. The Kier molecular flexibility index (Phi) is 6.22. The van der Waals surface area contributed by atoms with Gasteiger partial charge in [-0.25, -0.2) is 0 Å². The van der Waals surface area contributed by atoms with Gasteiger partial charge in [0.25, 0.3) is 0 Å². The molecule has 0 aliphatic carbocycles. The Morgan fingerprint density at radius 1 is 1.41 bits per heavy atom. The quantitative estimate of drug-likeness (QED) is 0.785. The molecule has 0 spiro atoms. The van der Waals surface area contributed by atoms with Gasteiger partial charge < -0.3 is 10.6 Å². The molecular weight excluding hydrogens is 232 g/mol. The molecule has 0 bridgehead atoms. The molecule has 3 nitrogen and oxygen atoms in total. The van der Waals surface area contributed by atoms with Gasteiger partial charge in [0, 0.05) is 30.4 Å². The highest BCUT2D eigenvalue weighted by Gasteiger charge is 2.07. The van der Waals surface area contributed by atoms with Crippen LogP contribution in [0.25, 0.3) is 0 Å². The first kappa shape index (κ1) is 14.2. The first-order valence-corrected chi connectivity index (χ1v) is 7.01. The van der Waals surface area contributed by atoms with Crippen LogP contribution < -0.4 is 10.6 Å². The summed E-state index contributed by atoms with van der Waals surface area (Å²) in [7, 11) is 0. The van der Waals surface area contributed by atoms with Gasteiger partial charge in [-0.2, -0.15) is 0 Å². The van der Waals surface area contributed by atoms with Crippen LogP contribution in [0.15, 0.2) is 17.5 Å². The number of hydrogen-bond acceptors (Lipinski definition) is 3. The van der Waals surface area contributed by atoms with Gasteiger partial charge in [-0.3, -0.25) is 4.79 Å². The van der Waals surface area contributed by atoms with E-state index in [1.807, 2.05) is 6.07 Å². The SMILES string of the molecule is CC(C)CNC(=O)CCNC(C)c1cccs1. The summed E-state index contributed by atoms with van der Waals surface area (Å²) in [6.07, 6.45) is 0.544. The smallest absolute Gasteiger partial charge is 0.221 e. The van der Waals surface area contributed by atoms with Crippen LogP contribution in [0.2, 0.25) is 0 Å². The zero-order valence-electron chi connectivity index (χ0n) is 10.8. The summed E-state index contributed by atoms with van der Waals surface area (Å²) in [5, 5.41) is 8.34. The summed E-state index contributed by atoms with van der Waals surface area (Å²) in [6, 6.07) is 4.49. The first-order chi connectivity index (χ1) is 8.09. The Hall–Kier alpha value is -0.870. The molecule has 1 aromatic rings. The van der Waals surface area contributed by atoms with Gasteiger partial charge in [0.2, 0.25) is 5.91 Å². The average Bonchev–Trinajstić information content (AvgIpc) is 2.79. The Morgan fingerprint density at radius 3 is 2.76 bits per heavy atom. The van der Waals surface area contributed by atoms with Gasteiger partial charge in [0.1, 0.15) is 0 Å². The van der Waals surface area contributed by atoms with Crippen LogP contribution >= 0.6 is 11.3 Å². The fraction of sp³-hybridized carbons (Fsp3) is 0.615. The van der Waals surface area contributed by atoms with Crippen LogP contribution in [0.4, 0.5) is 0 Å². The first-order valence-electron chi connectivity index (χ1n) is 6.13. The Bertz CT molecular complexity index is 322. The van der Waals surface area contributed by atoms with Crippen LogP contribution in [0.1, 0.15) is 38.1 Å². The van der Waals surface area contributed by atoms with Gasteiger partial charge in [-0.1, -0.05) is 19.9 Å². The molecule has 0 aliphatic rings. The molecule has 1 amide bonds. The predicted octanol–water partition coefficient (Wildman–Crippen LogP) is 2.56. The molecule has 0 fully saturated rings. The third kappa shape index (κ3) is 5.84. The van der Waals surface area contributed by atoms with Crippen LogP contribution in [0.5, 0.6) is 0 Å². The molecule has 2 N–H and O–H groups in total. The second-order valence-corrected chi connectivity index (χ2v) is 5.62. The molecule has 1 heterocycles. The zero-order chi connectivity index (χ0) is 12.7. The van der Waals surface area contributed by atoms with Crippen molar-refractivity contribution in [1.82, 2.24) is 10.6 Å². The summed E-state index contributed by atoms with van der Waals surface area (Å²) < 4.78 is 0.